The Bertz CT molecular complexity index is 2940. The first-order chi connectivity index (χ1) is 28.4. The van der Waals surface area contributed by atoms with Crippen LogP contribution >= 0.6 is 0 Å². The average Bonchev–Trinajstić information content (AvgIpc) is 3.21. The van der Waals surface area contributed by atoms with Crippen molar-refractivity contribution in [2.24, 2.45) is 20.5 Å². The fourth-order valence-electron chi connectivity index (χ4n) is 6.04. The number of phenolic OH excluding ortho intramolecular Hbond substituents is 2. The Morgan fingerprint density at radius 1 is 0.483 bits per heavy atom. The number of anilines is 2. The largest absolute Gasteiger partial charge is 0.505 e. The van der Waals surface area contributed by atoms with Crippen LogP contribution in [0.3, 0.4) is 0 Å². The molecule has 0 aliphatic heterocycles. The molecule has 18 heteroatoms. The Hall–Kier alpha value is -7.38. The van der Waals surface area contributed by atoms with Crippen molar-refractivity contribution < 1.29 is 45.7 Å². The zero-order chi connectivity index (χ0) is 42.9. The maximum atomic E-state index is 13.2. The second kappa shape index (κ2) is 16.1. The van der Waals surface area contributed by atoms with Gasteiger partial charge in [-0.05, 0) is 110 Å². The average molecular weight is 845 g/mol. The van der Waals surface area contributed by atoms with Crippen LogP contribution < -0.4 is 10.6 Å². The molecule has 0 aliphatic carbocycles. The lowest BCUT2D eigenvalue weighted by atomic mass is 10.1. The van der Waals surface area contributed by atoms with E-state index in [-0.39, 0.29) is 44.0 Å². The summed E-state index contributed by atoms with van der Waals surface area (Å²) < 4.78 is 68.7. The zero-order valence-electron chi connectivity index (χ0n) is 31.4. The first kappa shape index (κ1) is 40.8. The number of carbonyl (C=O) groups is 2. The minimum Gasteiger partial charge on any atom is -0.505 e. The molecule has 0 fully saturated rings. The minimum atomic E-state index is -4.84. The number of fused-ring (bicyclic) bond motifs is 2. The van der Waals surface area contributed by atoms with Crippen molar-refractivity contribution >= 4 is 87.7 Å². The number of phenols is 2. The summed E-state index contributed by atoms with van der Waals surface area (Å²) in [7, 11) is -9.67. The van der Waals surface area contributed by atoms with Crippen LogP contribution in [-0.2, 0) is 20.2 Å². The molecule has 60 heavy (non-hydrogen) atoms. The summed E-state index contributed by atoms with van der Waals surface area (Å²) in [5, 5.41) is 44.2. The van der Waals surface area contributed by atoms with Crippen LogP contribution in [0.15, 0.2) is 152 Å². The van der Waals surface area contributed by atoms with Gasteiger partial charge in [-0.2, -0.15) is 27.1 Å². The number of aromatic hydroxyl groups is 2. The normalized spacial score (nSPS) is 12.1. The quantitative estimate of drug-likeness (QED) is 0.0561. The fourth-order valence-corrected chi connectivity index (χ4v) is 7.36. The van der Waals surface area contributed by atoms with E-state index in [1.807, 2.05) is 13.8 Å². The summed E-state index contributed by atoms with van der Waals surface area (Å²) in [5.74, 6) is -2.37. The molecule has 0 saturated heterocycles. The number of carbonyl (C=O) groups excluding carboxylic acids is 2. The highest BCUT2D eigenvalue weighted by Gasteiger charge is 2.24. The smallest absolute Gasteiger partial charge is 0.296 e. The van der Waals surface area contributed by atoms with Crippen molar-refractivity contribution in [1.29, 1.82) is 0 Å². The lowest BCUT2D eigenvalue weighted by Crippen LogP contribution is -2.14. The van der Waals surface area contributed by atoms with E-state index >= 15 is 0 Å². The number of rotatable bonds is 10. The molecule has 0 heterocycles. The summed E-state index contributed by atoms with van der Waals surface area (Å²) in [6.45, 7) is 3.74. The van der Waals surface area contributed by atoms with Crippen LogP contribution in [0.4, 0.5) is 34.1 Å². The number of benzene rings is 7. The van der Waals surface area contributed by atoms with Crippen LogP contribution in [0.2, 0.25) is 0 Å². The van der Waals surface area contributed by atoms with Gasteiger partial charge in [0.2, 0.25) is 0 Å². The number of aryl methyl sites for hydroxylation is 2. The molecule has 0 saturated carbocycles. The van der Waals surface area contributed by atoms with Crippen molar-refractivity contribution in [2.45, 2.75) is 23.6 Å². The van der Waals surface area contributed by atoms with Gasteiger partial charge in [0.1, 0.15) is 21.2 Å². The maximum Gasteiger partial charge on any atom is 0.296 e. The van der Waals surface area contributed by atoms with Crippen molar-refractivity contribution in [3.05, 3.63) is 144 Å². The molecule has 6 N–H and O–H groups in total. The van der Waals surface area contributed by atoms with E-state index in [2.05, 4.69) is 31.1 Å². The summed E-state index contributed by atoms with van der Waals surface area (Å²) >= 11 is 0. The van der Waals surface area contributed by atoms with E-state index in [4.69, 9.17) is 0 Å². The van der Waals surface area contributed by atoms with Gasteiger partial charge in [0.25, 0.3) is 32.1 Å². The Kier molecular flexibility index (Phi) is 11.0. The molecular formula is C42H32N6O10S2. The third kappa shape index (κ3) is 8.86. The number of nitrogens with one attached hydrogen (secondary N) is 2. The van der Waals surface area contributed by atoms with Crippen molar-refractivity contribution in [3.8, 4) is 11.5 Å². The molecule has 0 aromatic heterocycles. The Morgan fingerprint density at radius 2 is 0.833 bits per heavy atom. The number of hydrogen-bond acceptors (Lipinski definition) is 12. The molecule has 7 rings (SSSR count). The van der Waals surface area contributed by atoms with Gasteiger partial charge in [-0.15, -0.1) is 10.2 Å². The molecule has 0 spiro atoms. The summed E-state index contributed by atoms with van der Waals surface area (Å²) in [6, 6.07) is 30.1. The van der Waals surface area contributed by atoms with Gasteiger partial charge in [0, 0.05) is 33.3 Å². The molecule has 16 nitrogen and oxygen atoms in total. The third-order valence-electron chi connectivity index (χ3n) is 9.19. The predicted octanol–water partition coefficient (Wildman–Crippen LogP) is 9.85. The topological polar surface area (TPSA) is 257 Å². The van der Waals surface area contributed by atoms with Gasteiger partial charge < -0.3 is 20.8 Å². The predicted molar refractivity (Wildman–Crippen MR) is 224 cm³/mol. The second-order valence-electron chi connectivity index (χ2n) is 13.5. The summed E-state index contributed by atoms with van der Waals surface area (Å²) in [6.07, 6.45) is 0. The first-order valence-electron chi connectivity index (χ1n) is 17.7. The van der Waals surface area contributed by atoms with Gasteiger partial charge in [0.15, 0.2) is 11.5 Å². The third-order valence-corrected chi connectivity index (χ3v) is 10.9. The highest BCUT2D eigenvalue weighted by Crippen LogP contribution is 2.44. The van der Waals surface area contributed by atoms with Gasteiger partial charge in [0.05, 0.1) is 11.4 Å². The number of nitrogens with zero attached hydrogens (tertiary/aromatic N) is 4. The molecule has 0 aliphatic rings. The summed E-state index contributed by atoms with van der Waals surface area (Å²) in [5.41, 5.74) is 2.39. The molecule has 0 bridgehead atoms. The fraction of sp³-hybridized carbons (Fsp3) is 0.0476. The highest BCUT2D eigenvalue weighted by atomic mass is 32.2. The standard InChI is InChI=1S/C42H32N6O10S2/c1-23-3-13-29(14-4-23)45-47-37-35(59(53,54)55)19-27-11-17-31(21-33(27)39(37)49)43-41(51)25-7-9-26(10-8-25)42(52)44-32-18-12-28-20-36(60(56,57)58)38(40(50)34(28)22-32)48-46-30-15-5-24(2)6-16-30/h3-22,49-50H,1-2H3,(H,43,51)(H,44,52)(H,53,54,55)(H,56,57,58). The SMILES string of the molecule is Cc1ccc(N=Nc2c(S(=O)(=O)O)cc3ccc(NC(=O)c4ccc(C(=O)Nc5ccc6cc(S(=O)(=O)O)c(N=Nc7ccc(C)cc7)c(O)c6c5)cc4)cc3c2O)cc1. The summed E-state index contributed by atoms with van der Waals surface area (Å²) in [4.78, 5) is 25.2. The van der Waals surface area contributed by atoms with Gasteiger partial charge in [-0.1, -0.05) is 47.5 Å². The molecule has 0 unspecified atom stereocenters. The molecule has 0 radical (unpaired) electrons. The van der Waals surface area contributed by atoms with E-state index < -0.39 is 64.7 Å². The maximum absolute atomic E-state index is 13.2. The van der Waals surface area contributed by atoms with Crippen molar-refractivity contribution in [2.75, 3.05) is 10.6 Å². The number of hydrogen-bond donors (Lipinski definition) is 6. The Labute approximate surface area is 342 Å². The highest BCUT2D eigenvalue weighted by molar-refractivity contribution is 7.86. The lowest BCUT2D eigenvalue weighted by Gasteiger charge is -2.12. The van der Waals surface area contributed by atoms with Gasteiger partial charge in [-0.25, -0.2) is 0 Å². The number of azo groups is 2. The van der Waals surface area contributed by atoms with E-state index in [1.54, 1.807) is 48.5 Å². The van der Waals surface area contributed by atoms with E-state index in [1.165, 1.54) is 60.7 Å². The number of amides is 2. The van der Waals surface area contributed by atoms with Crippen LogP contribution in [0.1, 0.15) is 31.8 Å². The first-order valence-corrected chi connectivity index (χ1v) is 20.6. The van der Waals surface area contributed by atoms with Crippen molar-refractivity contribution in [3.63, 3.8) is 0 Å². The van der Waals surface area contributed by atoms with Crippen LogP contribution in [0.25, 0.3) is 21.5 Å². The van der Waals surface area contributed by atoms with E-state index in [9.17, 15) is 45.7 Å². The molecule has 7 aromatic carbocycles. The van der Waals surface area contributed by atoms with E-state index in [0.717, 1.165) is 23.3 Å². The van der Waals surface area contributed by atoms with Crippen LogP contribution in [0, 0.1) is 13.8 Å². The molecular weight excluding hydrogens is 813 g/mol. The van der Waals surface area contributed by atoms with Gasteiger partial charge in [-0.3, -0.25) is 18.7 Å². The minimum absolute atomic E-state index is 0.105. The van der Waals surface area contributed by atoms with E-state index in [0.29, 0.717) is 11.4 Å². The molecule has 2 amide bonds. The monoisotopic (exact) mass is 844 g/mol. The second-order valence-corrected chi connectivity index (χ2v) is 16.3. The van der Waals surface area contributed by atoms with Crippen LogP contribution in [-0.4, -0.2) is 48.0 Å². The molecule has 0 atom stereocenters. The Morgan fingerprint density at radius 3 is 1.17 bits per heavy atom. The molecule has 302 valence electrons. The molecule has 7 aromatic rings. The van der Waals surface area contributed by atoms with Gasteiger partial charge >= 0.3 is 0 Å². The lowest BCUT2D eigenvalue weighted by molar-refractivity contribution is 0.101. The van der Waals surface area contributed by atoms with Crippen molar-refractivity contribution in [1.82, 2.24) is 0 Å². The van der Waals surface area contributed by atoms with Crippen LogP contribution in [0.5, 0.6) is 11.5 Å². The zero-order valence-corrected chi connectivity index (χ0v) is 33.0. The Balaban J connectivity index is 1.09.